The summed E-state index contributed by atoms with van der Waals surface area (Å²) in [6, 6.07) is 16.6. The van der Waals surface area contributed by atoms with Gasteiger partial charge in [-0.2, -0.15) is 10.2 Å². The van der Waals surface area contributed by atoms with Crippen molar-refractivity contribution in [3.05, 3.63) is 58.6 Å². The monoisotopic (exact) mass is 395 g/mol. The van der Waals surface area contributed by atoms with Crippen molar-refractivity contribution in [3.63, 3.8) is 0 Å². The second kappa shape index (κ2) is 7.20. The van der Waals surface area contributed by atoms with Crippen molar-refractivity contribution in [1.82, 2.24) is 9.97 Å². The van der Waals surface area contributed by atoms with Gasteiger partial charge in [0, 0.05) is 21.8 Å². The molecule has 0 spiro atoms. The smallest absolute Gasteiger partial charge is 0.222 e. The Labute approximate surface area is 153 Å². The van der Waals surface area contributed by atoms with E-state index in [1.165, 1.54) is 0 Å². The Hall–Kier alpha value is -3.11. The predicted molar refractivity (Wildman–Crippen MR) is 101 cm³/mol. The largest absolute Gasteiger partial charge is 0.496 e. The molecule has 0 saturated heterocycles. The van der Waals surface area contributed by atoms with E-state index in [4.69, 9.17) is 15.7 Å². The van der Waals surface area contributed by atoms with Crippen LogP contribution in [0, 0.1) is 11.3 Å². The molecule has 7 heteroatoms. The third-order valence-electron chi connectivity index (χ3n) is 3.47. The average Bonchev–Trinajstić information content (AvgIpc) is 2.62. The second-order valence-electron chi connectivity index (χ2n) is 5.16. The Kier molecular flexibility index (Phi) is 4.82. The Morgan fingerprint density at radius 1 is 1.12 bits per heavy atom. The molecular weight excluding hydrogens is 382 g/mol. The maximum absolute atomic E-state index is 8.87. The maximum Gasteiger partial charge on any atom is 0.222 e. The molecule has 0 bridgehead atoms. The van der Waals surface area contributed by atoms with Crippen LogP contribution in [0.15, 0.2) is 53.0 Å². The summed E-state index contributed by atoms with van der Waals surface area (Å²) in [4.78, 5) is 8.52. The lowest BCUT2D eigenvalue weighted by Crippen LogP contribution is -2.02. The molecular formula is C18H14BrN5O. The summed E-state index contributed by atoms with van der Waals surface area (Å²) < 4.78 is 6.31. The summed E-state index contributed by atoms with van der Waals surface area (Å²) in [6.45, 7) is 0. The van der Waals surface area contributed by atoms with Gasteiger partial charge in [-0.05, 0) is 42.5 Å². The molecule has 0 aliphatic carbocycles. The van der Waals surface area contributed by atoms with Crippen LogP contribution in [0.2, 0.25) is 0 Å². The maximum atomic E-state index is 8.87. The topological polar surface area (TPSA) is 96.8 Å². The van der Waals surface area contributed by atoms with Gasteiger partial charge in [0.05, 0.1) is 24.4 Å². The molecule has 0 aliphatic heterocycles. The summed E-state index contributed by atoms with van der Waals surface area (Å²) in [5, 5.41) is 12.0. The highest BCUT2D eigenvalue weighted by Crippen LogP contribution is 2.33. The molecule has 0 unspecified atom stereocenters. The summed E-state index contributed by atoms with van der Waals surface area (Å²) in [6.07, 6.45) is 0. The van der Waals surface area contributed by atoms with E-state index in [2.05, 4.69) is 37.3 Å². The lowest BCUT2D eigenvalue weighted by Gasteiger charge is -2.11. The minimum Gasteiger partial charge on any atom is -0.496 e. The molecule has 124 valence electrons. The highest BCUT2D eigenvalue weighted by Gasteiger charge is 2.11. The fourth-order valence-corrected chi connectivity index (χ4v) is 2.69. The lowest BCUT2D eigenvalue weighted by atomic mass is 10.1. The summed E-state index contributed by atoms with van der Waals surface area (Å²) in [5.74, 6) is 1.38. The zero-order chi connectivity index (χ0) is 17.8. The summed E-state index contributed by atoms with van der Waals surface area (Å²) >= 11 is 3.45. The van der Waals surface area contributed by atoms with E-state index in [9.17, 15) is 0 Å². The van der Waals surface area contributed by atoms with Crippen LogP contribution in [0.25, 0.3) is 11.3 Å². The first-order valence-electron chi connectivity index (χ1n) is 7.34. The van der Waals surface area contributed by atoms with Gasteiger partial charge in [-0.25, -0.2) is 4.98 Å². The third-order valence-corrected chi connectivity index (χ3v) is 3.96. The molecule has 2 aromatic carbocycles. The van der Waals surface area contributed by atoms with E-state index in [0.29, 0.717) is 22.8 Å². The molecule has 3 rings (SSSR count). The fraction of sp³-hybridized carbons (Fsp3) is 0.0556. The van der Waals surface area contributed by atoms with Crippen molar-refractivity contribution in [2.24, 2.45) is 0 Å². The van der Waals surface area contributed by atoms with Crippen LogP contribution in [-0.2, 0) is 0 Å². The van der Waals surface area contributed by atoms with E-state index in [1.54, 1.807) is 37.4 Å². The molecule has 1 heterocycles. The molecule has 0 amide bonds. The van der Waals surface area contributed by atoms with Crippen LogP contribution >= 0.6 is 15.9 Å². The van der Waals surface area contributed by atoms with Crippen LogP contribution in [-0.4, -0.2) is 17.1 Å². The van der Waals surface area contributed by atoms with E-state index >= 15 is 0 Å². The van der Waals surface area contributed by atoms with Crippen LogP contribution < -0.4 is 15.8 Å². The van der Waals surface area contributed by atoms with Gasteiger partial charge in [0.25, 0.3) is 0 Å². The van der Waals surface area contributed by atoms with E-state index in [-0.39, 0.29) is 5.95 Å². The number of methoxy groups -OCH3 is 1. The normalized spacial score (nSPS) is 10.1. The zero-order valence-electron chi connectivity index (χ0n) is 13.3. The van der Waals surface area contributed by atoms with Crippen molar-refractivity contribution >= 4 is 33.4 Å². The number of hydrogen-bond donors (Lipinski definition) is 2. The minimum absolute atomic E-state index is 0.149. The van der Waals surface area contributed by atoms with Crippen molar-refractivity contribution in [2.45, 2.75) is 0 Å². The van der Waals surface area contributed by atoms with Crippen LogP contribution in [0.3, 0.4) is 0 Å². The number of nitrogens with zero attached hydrogens (tertiary/aromatic N) is 3. The molecule has 1 aromatic heterocycles. The SMILES string of the molecule is COc1ccc(Br)cc1-c1cc(Nc2ccc(C#N)cc2)nc(N)n1. The van der Waals surface area contributed by atoms with E-state index in [0.717, 1.165) is 15.7 Å². The number of hydrogen-bond acceptors (Lipinski definition) is 6. The molecule has 0 aliphatic rings. The van der Waals surface area contributed by atoms with Gasteiger partial charge in [-0.1, -0.05) is 15.9 Å². The van der Waals surface area contributed by atoms with Crippen LogP contribution in [0.4, 0.5) is 17.5 Å². The van der Waals surface area contributed by atoms with Gasteiger partial charge < -0.3 is 15.8 Å². The number of anilines is 3. The number of benzene rings is 2. The fourth-order valence-electron chi connectivity index (χ4n) is 2.32. The standard InChI is InChI=1S/C18H14BrN5O/c1-25-16-7-4-12(19)8-14(16)15-9-17(24-18(21)23-15)22-13-5-2-11(10-20)3-6-13/h2-9H,1H3,(H3,21,22,23,24). The van der Waals surface area contributed by atoms with Crippen LogP contribution in [0.1, 0.15) is 5.56 Å². The Morgan fingerprint density at radius 2 is 1.88 bits per heavy atom. The summed E-state index contributed by atoms with van der Waals surface area (Å²) in [7, 11) is 1.60. The van der Waals surface area contributed by atoms with E-state index < -0.39 is 0 Å². The first kappa shape index (κ1) is 16.7. The summed E-state index contributed by atoms with van der Waals surface area (Å²) in [5.41, 5.74) is 8.69. The molecule has 0 atom stereocenters. The third kappa shape index (κ3) is 3.87. The Morgan fingerprint density at radius 3 is 2.56 bits per heavy atom. The van der Waals surface area contributed by atoms with Gasteiger partial charge in [-0.3, -0.25) is 0 Å². The van der Waals surface area contributed by atoms with Crippen LogP contribution in [0.5, 0.6) is 5.75 Å². The predicted octanol–water partition coefficient (Wildman–Crippen LogP) is 4.11. The highest BCUT2D eigenvalue weighted by atomic mass is 79.9. The van der Waals surface area contributed by atoms with E-state index in [1.807, 2.05) is 18.2 Å². The number of nitrogens with one attached hydrogen (secondary N) is 1. The number of rotatable bonds is 4. The van der Waals surface area contributed by atoms with Gasteiger partial charge in [0.2, 0.25) is 5.95 Å². The molecule has 6 nitrogen and oxygen atoms in total. The number of halogens is 1. The molecule has 0 radical (unpaired) electrons. The van der Waals surface area contributed by atoms with Crippen molar-refractivity contribution < 1.29 is 4.74 Å². The molecule has 3 N–H and O–H groups in total. The first-order chi connectivity index (χ1) is 12.1. The lowest BCUT2D eigenvalue weighted by molar-refractivity contribution is 0.416. The Balaban J connectivity index is 1.98. The zero-order valence-corrected chi connectivity index (χ0v) is 14.9. The number of nitrogens with two attached hydrogens (primary N) is 1. The van der Waals surface area contributed by atoms with Gasteiger partial charge in [0.15, 0.2) is 0 Å². The molecule has 0 saturated carbocycles. The Bertz CT molecular complexity index is 951. The molecule has 0 fully saturated rings. The average molecular weight is 396 g/mol. The second-order valence-corrected chi connectivity index (χ2v) is 6.07. The first-order valence-corrected chi connectivity index (χ1v) is 8.14. The van der Waals surface area contributed by atoms with Crippen molar-refractivity contribution in [3.8, 4) is 23.1 Å². The van der Waals surface area contributed by atoms with Gasteiger partial charge >= 0.3 is 0 Å². The molecule has 25 heavy (non-hydrogen) atoms. The molecule has 3 aromatic rings. The highest BCUT2D eigenvalue weighted by molar-refractivity contribution is 9.10. The van der Waals surface area contributed by atoms with Gasteiger partial charge in [0.1, 0.15) is 11.6 Å². The van der Waals surface area contributed by atoms with Crippen molar-refractivity contribution in [2.75, 3.05) is 18.2 Å². The number of nitrogen functional groups attached to an aromatic ring is 1. The number of aromatic nitrogens is 2. The number of ether oxygens (including phenoxy) is 1. The minimum atomic E-state index is 0.149. The van der Waals surface area contributed by atoms with Crippen molar-refractivity contribution in [1.29, 1.82) is 5.26 Å². The number of nitriles is 1. The quantitative estimate of drug-likeness (QED) is 0.689. The van der Waals surface area contributed by atoms with Gasteiger partial charge in [-0.15, -0.1) is 0 Å².